The van der Waals surface area contributed by atoms with E-state index in [1.54, 1.807) is 0 Å². The van der Waals surface area contributed by atoms with Crippen molar-refractivity contribution in [2.24, 2.45) is 16.3 Å². The van der Waals surface area contributed by atoms with Crippen LogP contribution in [0.1, 0.15) is 54.4 Å². The second kappa shape index (κ2) is 6.09. The van der Waals surface area contributed by atoms with Crippen molar-refractivity contribution >= 4 is 5.96 Å². The van der Waals surface area contributed by atoms with Gasteiger partial charge in [-0.1, -0.05) is 27.7 Å². The Balaban J connectivity index is 4.42. The summed E-state index contributed by atoms with van der Waals surface area (Å²) in [5.74, 6) is 6.12. The number of rotatable bonds is 4. The molecule has 4 nitrogen and oxygen atoms in total. The normalized spacial score (nSPS) is 13.8. The molecule has 4 N–H and O–H groups in total. The Labute approximate surface area is 100 Å². The molecule has 0 aromatic carbocycles. The second-order valence-electron chi connectivity index (χ2n) is 6.12. The van der Waals surface area contributed by atoms with Gasteiger partial charge in [-0.2, -0.15) is 0 Å². The molecule has 0 spiro atoms. The summed E-state index contributed by atoms with van der Waals surface area (Å²) in [6.07, 6.45) is 2.07. The van der Waals surface area contributed by atoms with Crippen molar-refractivity contribution in [3.05, 3.63) is 0 Å². The minimum atomic E-state index is -0.0167. The fourth-order valence-corrected chi connectivity index (χ4v) is 2.04. The Morgan fingerprint density at radius 3 is 2.12 bits per heavy atom. The number of hydrazine groups is 1. The van der Waals surface area contributed by atoms with Crippen LogP contribution in [0, 0.1) is 5.41 Å². The third kappa shape index (κ3) is 7.51. The van der Waals surface area contributed by atoms with Gasteiger partial charge in [-0.3, -0.25) is 10.4 Å². The van der Waals surface area contributed by atoms with E-state index in [2.05, 4.69) is 57.3 Å². The molecule has 0 amide bonds. The molecule has 0 aliphatic rings. The molecule has 0 heterocycles. The molecule has 0 aromatic rings. The Morgan fingerprint density at radius 2 is 1.75 bits per heavy atom. The van der Waals surface area contributed by atoms with Gasteiger partial charge in [0.1, 0.15) is 0 Å². The van der Waals surface area contributed by atoms with Crippen LogP contribution in [0.4, 0.5) is 0 Å². The highest BCUT2D eigenvalue weighted by Gasteiger charge is 2.26. The molecule has 0 atom stereocenters. The maximum atomic E-state index is 5.44. The highest BCUT2D eigenvalue weighted by Crippen LogP contribution is 2.26. The summed E-state index contributed by atoms with van der Waals surface area (Å²) in [5.41, 5.74) is 2.88. The van der Waals surface area contributed by atoms with E-state index in [0.29, 0.717) is 5.96 Å². The Hall–Kier alpha value is -0.770. The third-order valence-corrected chi connectivity index (χ3v) is 2.06. The average Bonchev–Trinajstić information content (AvgIpc) is 2.07. The van der Waals surface area contributed by atoms with Crippen LogP contribution in [0.25, 0.3) is 0 Å². The zero-order valence-electron chi connectivity index (χ0n) is 11.6. The van der Waals surface area contributed by atoms with Crippen molar-refractivity contribution in [1.29, 1.82) is 0 Å². The summed E-state index contributed by atoms with van der Waals surface area (Å²) in [5, 5.41) is 3.35. The first-order chi connectivity index (χ1) is 7.20. The van der Waals surface area contributed by atoms with Crippen LogP contribution in [0.3, 0.4) is 0 Å². The van der Waals surface area contributed by atoms with Gasteiger partial charge in [0, 0.05) is 12.1 Å². The SMILES string of the molecule is CCCN=C(NN)NC(C)(C)CC(C)(C)C. The first-order valence-corrected chi connectivity index (χ1v) is 5.99. The number of hydrogen-bond donors (Lipinski definition) is 3. The summed E-state index contributed by atoms with van der Waals surface area (Å²) in [7, 11) is 0. The number of nitrogens with one attached hydrogen (secondary N) is 2. The lowest BCUT2D eigenvalue weighted by Crippen LogP contribution is -2.52. The van der Waals surface area contributed by atoms with Crippen molar-refractivity contribution in [2.75, 3.05) is 6.54 Å². The molecule has 0 aliphatic heterocycles. The van der Waals surface area contributed by atoms with E-state index in [1.807, 2.05) is 0 Å². The molecule has 0 saturated heterocycles. The maximum Gasteiger partial charge on any atom is 0.206 e. The van der Waals surface area contributed by atoms with Crippen LogP contribution in [0.5, 0.6) is 0 Å². The highest BCUT2D eigenvalue weighted by molar-refractivity contribution is 5.79. The lowest BCUT2D eigenvalue weighted by molar-refractivity contribution is 0.265. The summed E-state index contributed by atoms with van der Waals surface area (Å²) in [6, 6.07) is 0. The first-order valence-electron chi connectivity index (χ1n) is 5.99. The molecule has 16 heavy (non-hydrogen) atoms. The van der Waals surface area contributed by atoms with Crippen molar-refractivity contribution in [1.82, 2.24) is 10.7 Å². The lowest BCUT2D eigenvalue weighted by atomic mass is 9.82. The van der Waals surface area contributed by atoms with Crippen LogP contribution < -0.4 is 16.6 Å². The topological polar surface area (TPSA) is 62.4 Å². The fourth-order valence-electron chi connectivity index (χ4n) is 2.04. The molecule has 0 bridgehead atoms. The van der Waals surface area contributed by atoms with E-state index >= 15 is 0 Å². The minimum absolute atomic E-state index is 0.0167. The van der Waals surface area contributed by atoms with E-state index in [1.165, 1.54) is 0 Å². The zero-order valence-corrected chi connectivity index (χ0v) is 11.6. The lowest BCUT2D eigenvalue weighted by Gasteiger charge is -2.34. The third-order valence-electron chi connectivity index (χ3n) is 2.06. The quantitative estimate of drug-likeness (QED) is 0.298. The van der Waals surface area contributed by atoms with Gasteiger partial charge < -0.3 is 5.32 Å². The van der Waals surface area contributed by atoms with Gasteiger partial charge in [0.15, 0.2) is 0 Å². The van der Waals surface area contributed by atoms with Crippen molar-refractivity contribution in [3.8, 4) is 0 Å². The van der Waals surface area contributed by atoms with E-state index in [9.17, 15) is 0 Å². The van der Waals surface area contributed by atoms with Crippen LogP contribution in [-0.2, 0) is 0 Å². The van der Waals surface area contributed by atoms with E-state index in [0.717, 1.165) is 19.4 Å². The smallest absolute Gasteiger partial charge is 0.206 e. The van der Waals surface area contributed by atoms with Crippen LogP contribution in [-0.4, -0.2) is 18.0 Å². The summed E-state index contributed by atoms with van der Waals surface area (Å²) < 4.78 is 0. The standard InChI is InChI=1S/C12H28N4/c1-7-8-14-10(16-13)15-12(5,6)9-11(2,3)4/h7-9,13H2,1-6H3,(H2,14,15,16). The van der Waals surface area contributed by atoms with Gasteiger partial charge in [-0.25, -0.2) is 5.84 Å². The van der Waals surface area contributed by atoms with Gasteiger partial charge in [-0.05, 0) is 32.1 Å². The van der Waals surface area contributed by atoms with Crippen LogP contribution in [0.2, 0.25) is 0 Å². The number of aliphatic imine (C=N–C) groups is 1. The molecule has 4 heteroatoms. The summed E-state index contributed by atoms with van der Waals surface area (Å²) in [6.45, 7) is 13.9. The predicted octanol–water partition coefficient (Wildman–Crippen LogP) is 2.02. The van der Waals surface area contributed by atoms with Gasteiger partial charge in [0.25, 0.3) is 0 Å². The fraction of sp³-hybridized carbons (Fsp3) is 0.917. The molecule has 0 unspecified atom stereocenters. The second-order valence-corrected chi connectivity index (χ2v) is 6.12. The minimum Gasteiger partial charge on any atom is -0.350 e. The van der Waals surface area contributed by atoms with Gasteiger partial charge in [-0.15, -0.1) is 0 Å². The average molecular weight is 228 g/mol. The highest BCUT2D eigenvalue weighted by atomic mass is 15.3. The molecule has 0 radical (unpaired) electrons. The first kappa shape index (κ1) is 15.2. The Bertz CT molecular complexity index is 226. The number of hydrogen-bond acceptors (Lipinski definition) is 2. The Morgan fingerprint density at radius 1 is 1.19 bits per heavy atom. The zero-order chi connectivity index (χ0) is 12.8. The molecule has 0 rings (SSSR count). The number of nitrogens with two attached hydrogens (primary N) is 1. The summed E-state index contributed by atoms with van der Waals surface area (Å²) in [4.78, 5) is 4.35. The monoisotopic (exact) mass is 228 g/mol. The maximum absolute atomic E-state index is 5.44. The van der Waals surface area contributed by atoms with E-state index < -0.39 is 0 Å². The Kier molecular flexibility index (Phi) is 5.79. The molecular weight excluding hydrogens is 200 g/mol. The van der Waals surface area contributed by atoms with Crippen molar-refractivity contribution in [3.63, 3.8) is 0 Å². The van der Waals surface area contributed by atoms with Gasteiger partial charge in [0.2, 0.25) is 5.96 Å². The van der Waals surface area contributed by atoms with E-state index in [4.69, 9.17) is 5.84 Å². The predicted molar refractivity (Wildman–Crippen MR) is 71.2 cm³/mol. The van der Waals surface area contributed by atoms with E-state index in [-0.39, 0.29) is 11.0 Å². The number of nitrogens with zero attached hydrogens (tertiary/aromatic N) is 1. The largest absolute Gasteiger partial charge is 0.350 e. The molecule has 0 aliphatic carbocycles. The molecular formula is C12H28N4. The number of guanidine groups is 1. The van der Waals surface area contributed by atoms with Gasteiger partial charge >= 0.3 is 0 Å². The summed E-state index contributed by atoms with van der Waals surface area (Å²) >= 11 is 0. The van der Waals surface area contributed by atoms with Gasteiger partial charge in [0.05, 0.1) is 0 Å². The molecule has 0 aromatic heterocycles. The van der Waals surface area contributed by atoms with Crippen molar-refractivity contribution < 1.29 is 0 Å². The van der Waals surface area contributed by atoms with Crippen LogP contribution in [0.15, 0.2) is 4.99 Å². The van der Waals surface area contributed by atoms with Crippen LogP contribution >= 0.6 is 0 Å². The van der Waals surface area contributed by atoms with Crippen molar-refractivity contribution in [2.45, 2.75) is 59.9 Å². The molecule has 0 fully saturated rings. The molecule has 96 valence electrons. The molecule has 0 saturated carbocycles.